The second kappa shape index (κ2) is 8.90. The van der Waals surface area contributed by atoms with E-state index in [0.717, 1.165) is 16.9 Å². The van der Waals surface area contributed by atoms with Gasteiger partial charge in [-0.15, -0.1) is 0 Å². The van der Waals surface area contributed by atoms with Crippen LogP contribution in [0.25, 0.3) is 0 Å². The highest BCUT2D eigenvalue weighted by Gasteiger charge is 2.27. The minimum absolute atomic E-state index is 0.104. The Morgan fingerprint density at radius 3 is 2.52 bits per heavy atom. The van der Waals surface area contributed by atoms with Gasteiger partial charge in [-0.3, -0.25) is 9.69 Å². The van der Waals surface area contributed by atoms with E-state index in [4.69, 9.17) is 16.3 Å². The summed E-state index contributed by atoms with van der Waals surface area (Å²) in [6, 6.07) is 17.0. The number of halogens is 1. The molecule has 1 aliphatic heterocycles. The molecule has 0 bridgehead atoms. The van der Waals surface area contributed by atoms with E-state index in [1.807, 2.05) is 41.3 Å². The van der Waals surface area contributed by atoms with E-state index < -0.39 is 0 Å². The molecule has 2 aromatic carbocycles. The molecule has 1 atom stereocenters. The number of hydrogen-bond donors (Lipinski definition) is 0. The lowest BCUT2D eigenvalue weighted by Crippen LogP contribution is -2.49. The summed E-state index contributed by atoms with van der Waals surface area (Å²) >= 11 is 5.89. The van der Waals surface area contributed by atoms with Gasteiger partial charge in [-0.05, 0) is 35.4 Å². The van der Waals surface area contributed by atoms with Crippen molar-refractivity contribution in [2.45, 2.75) is 12.5 Å². The zero-order chi connectivity index (χ0) is 19.2. The molecule has 5 nitrogen and oxygen atoms in total. The van der Waals surface area contributed by atoms with Gasteiger partial charge >= 0.3 is 0 Å². The number of amides is 1. The third-order valence-electron chi connectivity index (χ3n) is 4.83. The van der Waals surface area contributed by atoms with Crippen molar-refractivity contribution in [2.75, 3.05) is 33.3 Å². The quantitative estimate of drug-likeness (QED) is 0.794. The van der Waals surface area contributed by atoms with Crippen molar-refractivity contribution in [2.24, 2.45) is 0 Å². The first-order chi connectivity index (χ1) is 13.1. The Labute approximate surface area is 164 Å². The van der Waals surface area contributed by atoms with Gasteiger partial charge in [0.15, 0.2) is 0 Å². The molecule has 1 unspecified atom stereocenters. The van der Waals surface area contributed by atoms with Crippen molar-refractivity contribution in [1.29, 1.82) is 5.26 Å². The van der Waals surface area contributed by atoms with E-state index in [-0.39, 0.29) is 11.9 Å². The smallest absolute Gasteiger partial charge is 0.227 e. The van der Waals surface area contributed by atoms with Crippen LogP contribution < -0.4 is 4.74 Å². The molecular weight excluding hydrogens is 362 g/mol. The molecule has 1 heterocycles. The molecule has 2 aromatic rings. The zero-order valence-corrected chi connectivity index (χ0v) is 16.0. The van der Waals surface area contributed by atoms with Crippen LogP contribution in [-0.4, -0.2) is 49.0 Å². The van der Waals surface area contributed by atoms with Crippen LogP contribution in [0.4, 0.5) is 0 Å². The van der Waals surface area contributed by atoms with Gasteiger partial charge in [0.1, 0.15) is 11.8 Å². The third kappa shape index (κ3) is 4.79. The SMILES string of the molecule is COc1cccc(C(C#N)N2CCN(C(=O)Cc3ccc(Cl)cc3)CC2)c1. The van der Waals surface area contributed by atoms with E-state index in [2.05, 4.69) is 11.0 Å². The highest BCUT2D eigenvalue weighted by atomic mass is 35.5. The van der Waals surface area contributed by atoms with Crippen LogP contribution in [0.3, 0.4) is 0 Å². The van der Waals surface area contributed by atoms with Crippen LogP contribution in [0.2, 0.25) is 5.02 Å². The Balaban J connectivity index is 1.59. The number of carbonyl (C=O) groups excluding carboxylic acids is 1. The normalized spacial score (nSPS) is 15.8. The maximum atomic E-state index is 12.5. The molecular formula is C21H22ClN3O2. The number of piperazine rings is 1. The van der Waals surface area contributed by atoms with E-state index in [1.54, 1.807) is 19.2 Å². The molecule has 0 radical (unpaired) electrons. The number of benzene rings is 2. The van der Waals surface area contributed by atoms with E-state index >= 15 is 0 Å². The number of methoxy groups -OCH3 is 1. The monoisotopic (exact) mass is 383 g/mol. The molecule has 1 aliphatic rings. The van der Waals surface area contributed by atoms with Crippen LogP contribution in [0, 0.1) is 11.3 Å². The molecule has 3 rings (SSSR count). The van der Waals surface area contributed by atoms with Crippen molar-refractivity contribution in [3.63, 3.8) is 0 Å². The number of rotatable bonds is 5. The highest BCUT2D eigenvalue weighted by Crippen LogP contribution is 2.25. The highest BCUT2D eigenvalue weighted by molar-refractivity contribution is 6.30. The number of ether oxygens (including phenoxy) is 1. The average molecular weight is 384 g/mol. The van der Waals surface area contributed by atoms with Gasteiger partial charge in [0, 0.05) is 31.2 Å². The standard InChI is InChI=1S/C21H22ClN3O2/c1-27-19-4-2-3-17(14-19)20(15-23)24-9-11-25(12-10-24)21(26)13-16-5-7-18(22)8-6-16/h2-8,14,20H,9-13H2,1H3. The number of carbonyl (C=O) groups is 1. The Kier molecular flexibility index (Phi) is 6.33. The molecule has 0 aromatic heterocycles. The van der Waals surface area contributed by atoms with Crippen molar-refractivity contribution in [3.05, 3.63) is 64.7 Å². The molecule has 1 amide bonds. The number of nitrogens with zero attached hydrogens (tertiary/aromatic N) is 3. The predicted octanol–water partition coefficient (Wildman–Crippen LogP) is 3.30. The van der Waals surface area contributed by atoms with Gasteiger partial charge in [0.05, 0.1) is 19.6 Å². The minimum Gasteiger partial charge on any atom is -0.497 e. The summed E-state index contributed by atoms with van der Waals surface area (Å²) < 4.78 is 5.26. The Morgan fingerprint density at radius 1 is 1.19 bits per heavy atom. The lowest BCUT2D eigenvalue weighted by atomic mass is 10.0. The maximum absolute atomic E-state index is 12.5. The van der Waals surface area contributed by atoms with Gasteiger partial charge in [-0.2, -0.15) is 5.26 Å². The van der Waals surface area contributed by atoms with Crippen molar-refractivity contribution in [1.82, 2.24) is 9.80 Å². The van der Waals surface area contributed by atoms with Crippen LogP contribution in [0.1, 0.15) is 17.2 Å². The second-order valence-electron chi connectivity index (χ2n) is 6.53. The molecule has 0 N–H and O–H groups in total. The first kappa shape index (κ1) is 19.2. The Hall–Kier alpha value is -2.55. The summed E-state index contributed by atoms with van der Waals surface area (Å²) in [6.45, 7) is 2.58. The summed E-state index contributed by atoms with van der Waals surface area (Å²) in [4.78, 5) is 16.5. The molecule has 0 spiro atoms. The molecule has 27 heavy (non-hydrogen) atoms. The lowest BCUT2D eigenvalue weighted by Gasteiger charge is -2.37. The first-order valence-corrected chi connectivity index (χ1v) is 9.28. The largest absolute Gasteiger partial charge is 0.497 e. The third-order valence-corrected chi connectivity index (χ3v) is 5.08. The first-order valence-electron chi connectivity index (χ1n) is 8.90. The molecule has 1 fully saturated rings. The molecule has 140 valence electrons. The summed E-state index contributed by atoms with van der Waals surface area (Å²) in [5.41, 5.74) is 1.87. The second-order valence-corrected chi connectivity index (χ2v) is 6.96. The summed E-state index contributed by atoms with van der Waals surface area (Å²) in [7, 11) is 1.62. The van der Waals surface area contributed by atoms with Crippen molar-refractivity contribution in [3.8, 4) is 11.8 Å². The minimum atomic E-state index is -0.339. The summed E-state index contributed by atoms with van der Waals surface area (Å²) in [5, 5.41) is 10.3. The predicted molar refractivity (Wildman–Crippen MR) is 105 cm³/mol. The fourth-order valence-electron chi connectivity index (χ4n) is 3.30. The van der Waals surface area contributed by atoms with Gasteiger partial charge in [-0.25, -0.2) is 0 Å². The van der Waals surface area contributed by atoms with Crippen molar-refractivity contribution >= 4 is 17.5 Å². The van der Waals surface area contributed by atoms with Crippen LogP contribution in [0.15, 0.2) is 48.5 Å². The summed E-state index contributed by atoms with van der Waals surface area (Å²) in [5.74, 6) is 0.844. The van der Waals surface area contributed by atoms with E-state index in [0.29, 0.717) is 37.6 Å². The van der Waals surface area contributed by atoms with Crippen LogP contribution >= 0.6 is 11.6 Å². The summed E-state index contributed by atoms with van der Waals surface area (Å²) in [6.07, 6.45) is 0.370. The van der Waals surface area contributed by atoms with Gasteiger partial charge in [0.25, 0.3) is 0 Å². The Morgan fingerprint density at radius 2 is 1.89 bits per heavy atom. The van der Waals surface area contributed by atoms with Gasteiger partial charge in [-0.1, -0.05) is 35.9 Å². The van der Waals surface area contributed by atoms with Crippen LogP contribution in [-0.2, 0) is 11.2 Å². The number of hydrogen-bond acceptors (Lipinski definition) is 4. The molecule has 0 saturated carbocycles. The molecule has 6 heteroatoms. The van der Waals surface area contributed by atoms with Crippen LogP contribution in [0.5, 0.6) is 5.75 Å². The zero-order valence-electron chi connectivity index (χ0n) is 15.3. The lowest BCUT2D eigenvalue weighted by molar-refractivity contribution is -0.132. The maximum Gasteiger partial charge on any atom is 0.227 e. The molecule has 1 saturated heterocycles. The fourth-order valence-corrected chi connectivity index (χ4v) is 3.42. The number of nitriles is 1. The van der Waals surface area contributed by atoms with E-state index in [9.17, 15) is 10.1 Å². The van der Waals surface area contributed by atoms with Crippen molar-refractivity contribution < 1.29 is 9.53 Å². The Bertz CT molecular complexity index is 824. The molecule has 0 aliphatic carbocycles. The average Bonchev–Trinajstić information content (AvgIpc) is 2.71. The fraction of sp³-hybridized carbons (Fsp3) is 0.333. The van der Waals surface area contributed by atoms with Gasteiger partial charge < -0.3 is 9.64 Å². The van der Waals surface area contributed by atoms with Gasteiger partial charge in [0.2, 0.25) is 5.91 Å². The topological polar surface area (TPSA) is 56.6 Å². The van der Waals surface area contributed by atoms with E-state index in [1.165, 1.54) is 0 Å².